The van der Waals surface area contributed by atoms with Crippen LogP contribution in [0.15, 0.2) is 47.4 Å². The second kappa shape index (κ2) is 10.7. The predicted octanol–water partition coefficient (Wildman–Crippen LogP) is 4.44. The van der Waals surface area contributed by atoms with Gasteiger partial charge < -0.3 is 10.2 Å². The number of para-hydroxylation sites is 1. The number of hydrogen-bond acceptors (Lipinski definition) is 4. The molecule has 0 unspecified atom stereocenters. The van der Waals surface area contributed by atoms with Gasteiger partial charge in [-0.25, -0.2) is 8.42 Å². The first-order valence-corrected chi connectivity index (χ1v) is 13.6. The van der Waals surface area contributed by atoms with E-state index in [1.807, 2.05) is 4.90 Å². The Morgan fingerprint density at radius 3 is 2.12 bits per heavy atom. The summed E-state index contributed by atoms with van der Waals surface area (Å²) < 4.78 is 27.7. The van der Waals surface area contributed by atoms with E-state index in [0.717, 1.165) is 58.0 Å². The maximum atomic E-state index is 13.3. The fourth-order valence-electron chi connectivity index (χ4n) is 4.67. The molecule has 0 spiro atoms. The molecule has 0 bridgehead atoms. The summed E-state index contributed by atoms with van der Waals surface area (Å²) in [6, 6.07) is 11.7. The van der Waals surface area contributed by atoms with Crippen LogP contribution in [0.1, 0.15) is 71.2 Å². The minimum atomic E-state index is -3.65. The molecule has 2 amide bonds. The highest BCUT2D eigenvalue weighted by Crippen LogP contribution is 2.25. The van der Waals surface area contributed by atoms with Crippen LogP contribution in [0.5, 0.6) is 0 Å². The SMILES string of the molecule is Cc1ccc(S(=O)(=O)N2CCCCC2)cc1C(=O)Nc1ccccc1C(=O)N1CCCCCC1. The minimum Gasteiger partial charge on any atom is -0.339 e. The average molecular weight is 484 g/mol. The summed E-state index contributed by atoms with van der Waals surface area (Å²) in [6.07, 6.45) is 6.94. The van der Waals surface area contributed by atoms with Gasteiger partial charge in [0.2, 0.25) is 10.0 Å². The monoisotopic (exact) mass is 483 g/mol. The van der Waals surface area contributed by atoms with Gasteiger partial charge in [0.25, 0.3) is 11.8 Å². The van der Waals surface area contributed by atoms with Crippen molar-refractivity contribution >= 4 is 27.5 Å². The fourth-order valence-corrected chi connectivity index (χ4v) is 6.22. The molecule has 2 aromatic carbocycles. The third-order valence-electron chi connectivity index (χ3n) is 6.71. The molecule has 182 valence electrons. The molecule has 8 heteroatoms. The van der Waals surface area contributed by atoms with Crippen LogP contribution in [-0.2, 0) is 10.0 Å². The average Bonchev–Trinajstić information content (AvgIpc) is 3.14. The van der Waals surface area contributed by atoms with Crippen molar-refractivity contribution in [1.29, 1.82) is 0 Å². The molecule has 0 aromatic heterocycles. The minimum absolute atomic E-state index is 0.0871. The molecule has 0 atom stereocenters. The van der Waals surface area contributed by atoms with E-state index in [0.29, 0.717) is 29.9 Å². The number of carbonyl (C=O) groups is 2. The Hall–Kier alpha value is -2.71. The lowest BCUT2D eigenvalue weighted by atomic mass is 10.1. The highest BCUT2D eigenvalue weighted by molar-refractivity contribution is 7.89. The van der Waals surface area contributed by atoms with E-state index in [4.69, 9.17) is 0 Å². The van der Waals surface area contributed by atoms with Crippen molar-refractivity contribution in [2.45, 2.75) is 56.8 Å². The lowest BCUT2D eigenvalue weighted by Gasteiger charge is -2.26. The van der Waals surface area contributed by atoms with Crippen LogP contribution in [0, 0.1) is 6.92 Å². The second-order valence-electron chi connectivity index (χ2n) is 9.15. The largest absolute Gasteiger partial charge is 0.339 e. The number of anilines is 1. The number of hydrogen-bond donors (Lipinski definition) is 1. The maximum Gasteiger partial charge on any atom is 0.255 e. The first kappa shape index (κ1) is 24.4. The molecular formula is C26H33N3O4S. The van der Waals surface area contributed by atoms with Gasteiger partial charge in [-0.05, 0) is 62.4 Å². The molecule has 34 heavy (non-hydrogen) atoms. The summed E-state index contributed by atoms with van der Waals surface area (Å²) >= 11 is 0. The molecule has 0 radical (unpaired) electrons. The normalized spacial score (nSPS) is 17.7. The van der Waals surface area contributed by atoms with Crippen LogP contribution in [-0.4, -0.2) is 55.6 Å². The Bertz CT molecular complexity index is 1150. The Balaban J connectivity index is 1.58. The lowest BCUT2D eigenvalue weighted by molar-refractivity contribution is 0.0762. The van der Waals surface area contributed by atoms with E-state index in [2.05, 4.69) is 5.32 Å². The van der Waals surface area contributed by atoms with Crippen LogP contribution >= 0.6 is 0 Å². The number of benzene rings is 2. The molecule has 0 saturated carbocycles. The van der Waals surface area contributed by atoms with E-state index >= 15 is 0 Å². The number of rotatable bonds is 5. The first-order valence-electron chi connectivity index (χ1n) is 12.2. The van der Waals surface area contributed by atoms with E-state index in [1.54, 1.807) is 43.3 Å². The summed E-state index contributed by atoms with van der Waals surface area (Å²) in [4.78, 5) is 28.4. The molecular weight excluding hydrogens is 450 g/mol. The van der Waals surface area contributed by atoms with Gasteiger partial charge in [-0.2, -0.15) is 4.31 Å². The smallest absolute Gasteiger partial charge is 0.255 e. The van der Waals surface area contributed by atoms with Crippen molar-refractivity contribution in [1.82, 2.24) is 9.21 Å². The van der Waals surface area contributed by atoms with Crippen LogP contribution < -0.4 is 5.32 Å². The summed E-state index contributed by atoms with van der Waals surface area (Å²) in [5.74, 6) is -0.514. The van der Waals surface area contributed by atoms with Gasteiger partial charge in [0.05, 0.1) is 16.1 Å². The molecule has 0 aliphatic carbocycles. The zero-order valence-corrected chi connectivity index (χ0v) is 20.6. The van der Waals surface area contributed by atoms with Crippen LogP contribution in [0.25, 0.3) is 0 Å². The highest BCUT2D eigenvalue weighted by atomic mass is 32.2. The molecule has 2 aliphatic heterocycles. The zero-order chi connectivity index (χ0) is 24.1. The molecule has 2 saturated heterocycles. The number of aryl methyl sites for hydroxylation is 1. The number of sulfonamides is 1. The maximum absolute atomic E-state index is 13.3. The number of carbonyl (C=O) groups excluding carboxylic acids is 2. The Kier molecular flexibility index (Phi) is 7.68. The van der Waals surface area contributed by atoms with Crippen molar-refractivity contribution in [2.75, 3.05) is 31.5 Å². The van der Waals surface area contributed by atoms with E-state index in [9.17, 15) is 18.0 Å². The zero-order valence-electron chi connectivity index (χ0n) is 19.8. The Labute approximate surface area is 202 Å². The molecule has 4 rings (SSSR count). The number of amides is 2. The summed E-state index contributed by atoms with van der Waals surface area (Å²) in [6.45, 7) is 4.22. The van der Waals surface area contributed by atoms with Gasteiger partial charge >= 0.3 is 0 Å². The van der Waals surface area contributed by atoms with Gasteiger partial charge in [0.15, 0.2) is 0 Å². The summed E-state index contributed by atoms with van der Waals surface area (Å²) in [7, 11) is -3.65. The number of likely N-dealkylation sites (tertiary alicyclic amines) is 1. The van der Waals surface area contributed by atoms with Crippen molar-refractivity contribution in [3.05, 3.63) is 59.2 Å². The Morgan fingerprint density at radius 2 is 1.41 bits per heavy atom. The number of nitrogens with one attached hydrogen (secondary N) is 1. The number of piperidine rings is 1. The van der Waals surface area contributed by atoms with Crippen molar-refractivity contribution in [2.24, 2.45) is 0 Å². The second-order valence-corrected chi connectivity index (χ2v) is 11.1. The van der Waals surface area contributed by atoms with Crippen molar-refractivity contribution in [3.8, 4) is 0 Å². The van der Waals surface area contributed by atoms with Crippen LogP contribution in [0.4, 0.5) is 5.69 Å². The van der Waals surface area contributed by atoms with Crippen molar-refractivity contribution in [3.63, 3.8) is 0 Å². The van der Waals surface area contributed by atoms with Gasteiger partial charge in [0.1, 0.15) is 0 Å². The van der Waals surface area contributed by atoms with Gasteiger partial charge in [-0.15, -0.1) is 0 Å². The molecule has 2 heterocycles. The summed E-state index contributed by atoms with van der Waals surface area (Å²) in [5, 5.41) is 2.87. The predicted molar refractivity (Wildman–Crippen MR) is 133 cm³/mol. The Morgan fingerprint density at radius 1 is 0.794 bits per heavy atom. The number of nitrogens with zero attached hydrogens (tertiary/aromatic N) is 2. The molecule has 2 aliphatic rings. The lowest BCUT2D eigenvalue weighted by Crippen LogP contribution is -2.35. The quantitative estimate of drug-likeness (QED) is 0.681. The van der Waals surface area contributed by atoms with Crippen LogP contribution in [0.3, 0.4) is 0 Å². The molecule has 2 aromatic rings. The summed E-state index contributed by atoms with van der Waals surface area (Å²) in [5.41, 5.74) is 1.85. The van der Waals surface area contributed by atoms with E-state index < -0.39 is 15.9 Å². The third kappa shape index (κ3) is 5.33. The van der Waals surface area contributed by atoms with E-state index in [-0.39, 0.29) is 16.4 Å². The van der Waals surface area contributed by atoms with E-state index in [1.165, 1.54) is 10.4 Å². The van der Waals surface area contributed by atoms with Gasteiger partial charge in [-0.3, -0.25) is 9.59 Å². The van der Waals surface area contributed by atoms with Gasteiger partial charge in [0, 0.05) is 31.7 Å². The van der Waals surface area contributed by atoms with Gasteiger partial charge in [-0.1, -0.05) is 37.5 Å². The standard InChI is InChI=1S/C26H33N3O4S/c1-20-13-14-21(34(32,33)29-17-9-4-10-18-29)19-23(20)25(30)27-24-12-6-5-11-22(24)26(31)28-15-7-2-3-8-16-28/h5-6,11-14,19H,2-4,7-10,15-18H2,1H3,(H,27,30). The molecule has 2 fully saturated rings. The van der Waals surface area contributed by atoms with Crippen molar-refractivity contribution < 1.29 is 18.0 Å². The fraction of sp³-hybridized carbons (Fsp3) is 0.462. The highest BCUT2D eigenvalue weighted by Gasteiger charge is 2.27. The molecule has 1 N–H and O–H groups in total. The molecule has 7 nitrogen and oxygen atoms in total. The first-order chi connectivity index (χ1) is 16.4. The third-order valence-corrected chi connectivity index (χ3v) is 8.60. The van der Waals surface area contributed by atoms with Crippen LogP contribution in [0.2, 0.25) is 0 Å². The topological polar surface area (TPSA) is 86.8 Å².